The number of rotatable bonds is 6. The van der Waals surface area contributed by atoms with Gasteiger partial charge in [-0.1, -0.05) is 38.5 Å². The molecular formula is C28H32N4O2. The molecule has 4 heterocycles. The molecule has 1 aliphatic heterocycles. The van der Waals surface area contributed by atoms with E-state index in [9.17, 15) is 4.79 Å². The number of fused-ring (bicyclic) bond motifs is 2. The van der Waals surface area contributed by atoms with Crippen LogP contribution in [0, 0.1) is 19.8 Å². The van der Waals surface area contributed by atoms with Crippen molar-refractivity contribution in [3.63, 3.8) is 0 Å². The van der Waals surface area contributed by atoms with Crippen LogP contribution in [0.3, 0.4) is 0 Å². The largest absolute Gasteiger partial charge is 0.421 e. The summed E-state index contributed by atoms with van der Waals surface area (Å²) in [5, 5.41) is 1.48. The van der Waals surface area contributed by atoms with Crippen LogP contribution >= 0.6 is 0 Å². The third kappa shape index (κ3) is 4.42. The van der Waals surface area contributed by atoms with Gasteiger partial charge in [0.15, 0.2) is 11.4 Å². The Morgan fingerprint density at radius 1 is 1.15 bits per heavy atom. The number of benzene rings is 1. The van der Waals surface area contributed by atoms with E-state index in [2.05, 4.69) is 40.9 Å². The summed E-state index contributed by atoms with van der Waals surface area (Å²) in [4.78, 5) is 24.6. The molecule has 1 unspecified atom stereocenters. The highest BCUT2D eigenvalue weighted by atomic mass is 16.4. The van der Waals surface area contributed by atoms with Gasteiger partial charge in [0, 0.05) is 25.5 Å². The van der Waals surface area contributed by atoms with Crippen molar-refractivity contribution >= 4 is 22.0 Å². The van der Waals surface area contributed by atoms with Crippen LogP contribution in [0.5, 0.6) is 0 Å². The summed E-state index contributed by atoms with van der Waals surface area (Å²) in [5.41, 5.74) is 5.24. The molecule has 1 aliphatic rings. The van der Waals surface area contributed by atoms with Crippen LogP contribution in [0.4, 0.5) is 0 Å². The number of nitrogens with zero attached hydrogens (tertiary/aromatic N) is 4. The van der Waals surface area contributed by atoms with E-state index < -0.39 is 0 Å². The number of aryl methyl sites for hydroxylation is 2. The average molecular weight is 457 g/mol. The number of hydrogen-bond donors (Lipinski definition) is 0. The van der Waals surface area contributed by atoms with Crippen LogP contribution < -0.4 is 5.63 Å². The fourth-order valence-electron chi connectivity index (χ4n) is 4.72. The van der Waals surface area contributed by atoms with Gasteiger partial charge in [-0.05, 0) is 67.8 Å². The van der Waals surface area contributed by atoms with Gasteiger partial charge in [-0.15, -0.1) is 0 Å². The Kier molecular flexibility index (Phi) is 6.09. The standard InChI is InChI=1S/C28H32N4O2/c1-5-18(2)8-11-31-12-9-21(10-13-31)22-6-7-23-15-26(34-28(33)24(23)14-22)25-17-32-16-19(3)29-20(4)27(32)30-25/h6-7,9,14-18H,5,8,10-13H2,1-4H3. The van der Waals surface area contributed by atoms with Gasteiger partial charge in [0.05, 0.1) is 16.8 Å². The maximum absolute atomic E-state index is 12.9. The molecule has 0 amide bonds. The quantitative estimate of drug-likeness (QED) is 0.375. The SMILES string of the molecule is CCC(C)CCN1CC=C(c2ccc3cc(-c4cn5cc(C)nc(C)c5n4)oc(=O)c3c2)CC1. The van der Waals surface area contributed by atoms with Gasteiger partial charge in [-0.3, -0.25) is 9.88 Å². The first-order valence-electron chi connectivity index (χ1n) is 12.2. The zero-order valence-electron chi connectivity index (χ0n) is 20.5. The molecule has 0 saturated carbocycles. The minimum atomic E-state index is -0.330. The summed E-state index contributed by atoms with van der Waals surface area (Å²) in [5.74, 6) is 1.25. The normalized spacial score (nSPS) is 15.7. The van der Waals surface area contributed by atoms with E-state index in [1.807, 2.05) is 48.8 Å². The van der Waals surface area contributed by atoms with Gasteiger partial charge in [0.1, 0.15) is 5.69 Å². The van der Waals surface area contributed by atoms with Crippen molar-refractivity contribution in [1.29, 1.82) is 0 Å². The maximum Gasteiger partial charge on any atom is 0.344 e. The van der Waals surface area contributed by atoms with E-state index in [4.69, 9.17) is 4.42 Å². The van der Waals surface area contributed by atoms with Gasteiger partial charge in [0.25, 0.3) is 0 Å². The molecule has 3 aromatic heterocycles. The Labute approximate surface area is 200 Å². The van der Waals surface area contributed by atoms with Crippen molar-refractivity contribution in [3.05, 3.63) is 70.1 Å². The fraction of sp³-hybridized carbons (Fsp3) is 0.393. The van der Waals surface area contributed by atoms with Crippen LogP contribution in [-0.4, -0.2) is 38.9 Å². The Balaban J connectivity index is 1.41. The molecule has 5 rings (SSSR count). The van der Waals surface area contributed by atoms with Crippen molar-refractivity contribution in [2.45, 2.75) is 47.0 Å². The molecule has 6 nitrogen and oxygen atoms in total. The van der Waals surface area contributed by atoms with Crippen LogP contribution in [0.2, 0.25) is 0 Å². The predicted molar refractivity (Wildman–Crippen MR) is 137 cm³/mol. The van der Waals surface area contributed by atoms with Crippen molar-refractivity contribution in [2.24, 2.45) is 5.92 Å². The van der Waals surface area contributed by atoms with E-state index >= 15 is 0 Å². The van der Waals surface area contributed by atoms with Crippen molar-refractivity contribution < 1.29 is 4.42 Å². The van der Waals surface area contributed by atoms with Crippen LogP contribution in [-0.2, 0) is 0 Å². The molecule has 0 N–H and O–H groups in total. The summed E-state index contributed by atoms with van der Waals surface area (Å²) < 4.78 is 7.65. The summed E-state index contributed by atoms with van der Waals surface area (Å²) in [6.07, 6.45) is 9.61. The highest BCUT2D eigenvalue weighted by Crippen LogP contribution is 2.28. The van der Waals surface area contributed by atoms with Gasteiger partial charge >= 0.3 is 5.63 Å². The molecule has 1 atom stereocenters. The minimum absolute atomic E-state index is 0.330. The van der Waals surface area contributed by atoms with Gasteiger partial charge in [0.2, 0.25) is 0 Å². The van der Waals surface area contributed by atoms with E-state index in [0.717, 1.165) is 60.0 Å². The molecule has 0 bridgehead atoms. The first kappa shape index (κ1) is 22.5. The lowest BCUT2D eigenvalue weighted by atomic mass is 9.96. The minimum Gasteiger partial charge on any atom is -0.421 e. The summed E-state index contributed by atoms with van der Waals surface area (Å²) in [6.45, 7) is 11.7. The molecule has 6 heteroatoms. The molecule has 1 aromatic carbocycles. The molecule has 176 valence electrons. The van der Waals surface area contributed by atoms with Crippen molar-refractivity contribution in [3.8, 4) is 11.5 Å². The molecule has 0 aliphatic carbocycles. The Bertz CT molecular complexity index is 1450. The second kappa shape index (κ2) is 9.18. The van der Waals surface area contributed by atoms with E-state index in [-0.39, 0.29) is 5.63 Å². The summed E-state index contributed by atoms with van der Waals surface area (Å²) >= 11 is 0. The van der Waals surface area contributed by atoms with Gasteiger partial charge < -0.3 is 8.82 Å². The van der Waals surface area contributed by atoms with E-state index in [1.165, 1.54) is 18.4 Å². The third-order valence-electron chi connectivity index (χ3n) is 7.04. The highest BCUT2D eigenvalue weighted by molar-refractivity contribution is 5.87. The van der Waals surface area contributed by atoms with Crippen LogP contribution in [0.1, 0.15) is 50.1 Å². The topological polar surface area (TPSA) is 63.6 Å². The van der Waals surface area contributed by atoms with Crippen molar-refractivity contribution in [1.82, 2.24) is 19.3 Å². The first-order valence-corrected chi connectivity index (χ1v) is 12.2. The summed E-state index contributed by atoms with van der Waals surface area (Å²) in [6, 6.07) is 8.03. The molecule has 0 spiro atoms. The van der Waals surface area contributed by atoms with E-state index in [1.54, 1.807) is 0 Å². The second-order valence-corrected chi connectivity index (χ2v) is 9.61. The number of aromatic nitrogens is 3. The Morgan fingerprint density at radius 3 is 2.76 bits per heavy atom. The van der Waals surface area contributed by atoms with Crippen LogP contribution in [0.15, 0.2) is 51.9 Å². The number of hydrogen-bond acceptors (Lipinski definition) is 5. The zero-order valence-corrected chi connectivity index (χ0v) is 20.5. The molecule has 34 heavy (non-hydrogen) atoms. The third-order valence-corrected chi connectivity index (χ3v) is 7.04. The zero-order chi connectivity index (χ0) is 23.8. The Hall–Kier alpha value is -3.25. The molecule has 4 aromatic rings. The average Bonchev–Trinajstić information content (AvgIpc) is 3.27. The molecule has 0 fully saturated rings. The molecule has 0 saturated heterocycles. The van der Waals surface area contributed by atoms with E-state index in [0.29, 0.717) is 16.8 Å². The van der Waals surface area contributed by atoms with Gasteiger partial charge in [-0.25, -0.2) is 9.78 Å². The maximum atomic E-state index is 12.9. The fourth-order valence-corrected chi connectivity index (χ4v) is 4.72. The van der Waals surface area contributed by atoms with Crippen LogP contribution in [0.25, 0.3) is 33.4 Å². The highest BCUT2D eigenvalue weighted by Gasteiger charge is 2.16. The number of imidazole rings is 1. The van der Waals surface area contributed by atoms with Crippen molar-refractivity contribution in [2.75, 3.05) is 19.6 Å². The lowest BCUT2D eigenvalue weighted by Gasteiger charge is -2.27. The molecular weight excluding hydrogens is 424 g/mol. The monoisotopic (exact) mass is 456 g/mol. The smallest absolute Gasteiger partial charge is 0.344 e. The second-order valence-electron chi connectivity index (χ2n) is 9.61. The predicted octanol–water partition coefficient (Wildman–Crippen LogP) is 5.64. The Morgan fingerprint density at radius 2 is 2.00 bits per heavy atom. The lowest BCUT2D eigenvalue weighted by Crippen LogP contribution is -2.30. The lowest BCUT2D eigenvalue weighted by molar-refractivity contribution is 0.276. The van der Waals surface area contributed by atoms with Gasteiger partial charge in [-0.2, -0.15) is 0 Å². The molecule has 0 radical (unpaired) electrons. The summed E-state index contributed by atoms with van der Waals surface area (Å²) in [7, 11) is 0. The first-order chi connectivity index (χ1) is 16.4.